The van der Waals surface area contributed by atoms with E-state index in [9.17, 15) is 0 Å². The molecule has 0 saturated carbocycles. The van der Waals surface area contributed by atoms with Gasteiger partial charge in [-0.2, -0.15) is 0 Å². The summed E-state index contributed by atoms with van der Waals surface area (Å²) in [6.45, 7) is 10.9. The highest BCUT2D eigenvalue weighted by Gasteiger charge is 2.20. The minimum absolute atomic E-state index is 0.960. The number of hydrogen-bond donors (Lipinski definition) is 0. The summed E-state index contributed by atoms with van der Waals surface area (Å²) in [7, 11) is 0. The quantitative estimate of drug-likeness (QED) is 0.367. The topological polar surface area (TPSA) is 17.8 Å². The summed E-state index contributed by atoms with van der Waals surface area (Å²) in [5.41, 5.74) is 9.97. The number of thiophene rings is 1. The minimum Gasteiger partial charge on any atom is -0.296 e. The van der Waals surface area contributed by atoms with Gasteiger partial charge in [0.25, 0.3) is 0 Å². The van der Waals surface area contributed by atoms with Crippen molar-refractivity contribution in [2.75, 3.05) is 0 Å². The first-order valence-electron chi connectivity index (χ1n) is 9.80. The van der Waals surface area contributed by atoms with Crippen LogP contribution in [-0.2, 0) is 6.42 Å². The van der Waals surface area contributed by atoms with Crippen LogP contribution in [0, 0.1) is 27.7 Å². The molecule has 2 aromatic carbocycles. The number of nitrogens with zero attached hydrogens (tertiary/aromatic N) is 2. The lowest BCUT2D eigenvalue weighted by atomic mass is 10.1. The van der Waals surface area contributed by atoms with Crippen LogP contribution in [0.5, 0.6) is 0 Å². The molecule has 0 saturated heterocycles. The second kappa shape index (κ2) is 7.40. The van der Waals surface area contributed by atoms with Gasteiger partial charge in [0.05, 0.1) is 11.4 Å². The number of imidazole rings is 1. The van der Waals surface area contributed by atoms with Gasteiger partial charge in [-0.05, 0) is 56.9 Å². The Labute approximate surface area is 171 Å². The third-order valence-electron chi connectivity index (χ3n) is 5.33. The molecule has 2 nitrogen and oxygen atoms in total. The number of para-hydroxylation sites is 1. The number of rotatable bonds is 4. The Balaban J connectivity index is 1.90. The molecule has 0 aliphatic carbocycles. The number of hydrogen-bond acceptors (Lipinski definition) is 2. The van der Waals surface area contributed by atoms with Crippen molar-refractivity contribution in [3.05, 3.63) is 82.0 Å². The molecule has 0 radical (unpaired) electrons. The molecule has 0 bridgehead atoms. The zero-order valence-electron chi connectivity index (χ0n) is 17.2. The van der Waals surface area contributed by atoms with Crippen LogP contribution in [0.2, 0.25) is 0 Å². The van der Waals surface area contributed by atoms with E-state index in [1.165, 1.54) is 44.1 Å². The van der Waals surface area contributed by atoms with Crippen molar-refractivity contribution in [1.82, 2.24) is 9.55 Å². The van der Waals surface area contributed by atoms with E-state index in [1.54, 1.807) is 11.3 Å². The van der Waals surface area contributed by atoms with Gasteiger partial charge in [0.15, 0.2) is 0 Å². The SMILES string of the molecule is CCc1c(C)nc(-c2csc(-c3cccc(C)c3)c2)n1-c1c(C)cccc1C. The van der Waals surface area contributed by atoms with Crippen LogP contribution in [0.15, 0.2) is 53.9 Å². The van der Waals surface area contributed by atoms with Gasteiger partial charge in [-0.25, -0.2) is 4.98 Å². The molecule has 28 heavy (non-hydrogen) atoms. The first kappa shape index (κ1) is 18.7. The predicted octanol–water partition coefficient (Wildman–Crippen LogP) is 7.06. The maximum atomic E-state index is 5.00. The van der Waals surface area contributed by atoms with E-state index in [-0.39, 0.29) is 0 Å². The molecule has 0 atom stereocenters. The van der Waals surface area contributed by atoms with Crippen LogP contribution in [0.3, 0.4) is 0 Å². The van der Waals surface area contributed by atoms with Crippen LogP contribution in [-0.4, -0.2) is 9.55 Å². The fourth-order valence-electron chi connectivity index (χ4n) is 3.97. The standard InChI is InChI=1S/C25H26N2S/c1-6-22-19(5)26-25(27(22)24-17(3)10-8-11-18(24)4)21-14-23(28-15-21)20-12-7-9-16(2)13-20/h7-15H,6H2,1-5H3. The molecule has 3 heteroatoms. The predicted molar refractivity (Wildman–Crippen MR) is 121 cm³/mol. The summed E-state index contributed by atoms with van der Waals surface area (Å²) in [6, 6.07) is 17.5. The van der Waals surface area contributed by atoms with Gasteiger partial charge in [-0.3, -0.25) is 4.57 Å². The Bertz CT molecular complexity index is 1130. The van der Waals surface area contributed by atoms with Crippen molar-refractivity contribution in [2.45, 2.75) is 41.0 Å². The molecule has 0 spiro atoms. The lowest BCUT2D eigenvalue weighted by Crippen LogP contribution is -2.06. The lowest BCUT2D eigenvalue weighted by Gasteiger charge is -2.16. The van der Waals surface area contributed by atoms with E-state index in [0.29, 0.717) is 0 Å². The third-order valence-corrected chi connectivity index (χ3v) is 6.31. The fourth-order valence-corrected chi connectivity index (χ4v) is 4.86. The highest BCUT2D eigenvalue weighted by atomic mass is 32.1. The largest absolute Gasteiger partial charge is 0.296 e. The van der Waals surface area contributed by atoms with Gasteiger partial charge in [-0.1, -0.05) is 55.0 Å². The Morgan fingerprint density at radius 1 is 0.893 bits per heavy atom. The molecule has 4 aromatic rings. The van der Waals surface area contributed by atoms with Crippen molar-refractivity contribution in [3.8, 4) is 27.5 Å². The first-order valence-corrected chi connectivity index (χ1v) is 10.7. The van der Waals surface area contributed by atoms with E-state index in [2.05, 4.69) is 93.1 Å². The maximum Gasteiger partial charge on any atom is 0.145 e. The van der Waals surface area contributed by atoms with Gasteiger partial charge in [-0.15, -0.1) is 11.3 Å². The van der Waals surface area contributed by atoms with Crippen LogP contribution >= 0.6 is 11.3 Å². The van der Waals surface area contributed by atoms with Crippen molar-refractivity contribution >= 4 is 11.3 Å². The third kappa shape index (κ3) is 3.20. The number of benzene rings is 2. The smallest absolute Gasteiger partial charge is 0.145 e. The Hall–Kier alpha value is -2.65. The van der Waals surface area contributed by atoms with Gasteiger partial charge in [0.1, 0.15) is 5.82 Å². The molecule has 142 valence electrons. The monoisotopic (exact) mass is 386 g/mol. The summed E-state index contributed by atoms with van der Waals surface area (Å²) in [5.74, 6) is 1.04. The summed E-state index contributed by atoms with van der Waals surface area (Å²) in [4.78, 5) is 6.29. The Morgan fingerprint density at radius 2 is 1.61 bits per heavy atom. The summed E-state index contributed by atoms with van der Waals surface area (Å²) in [5, 5.41) is 2.24. The van der Waals surface area contributed by atoms with E-state index < -0.39 is 0 Å². The molecule has 2 heterocycles. The number of aryl methyl sites for hydroxylation is 4. The van der Waals surface area contributed by atoms with E-state index in [0.717, 1.165) is 17.9 Å². The van der Waals surface area contributed by atoms with Crippen LogP contribution in [0.25, 0.3) is 27.5 Å². The zero-order chi connectivity index (χ0) is 19.8. The Kier molecular flexibility index (Phi) is 4.94. The van der Waals surface area contributed by atoms with Crippen molar-refractivity contribution in [1.29, 1.82) is 0 Å². The lowest BCUT2D eigenvalue weighted by molar-refractivity contribution is 0.917. The number of aromatic nitrogens is 2. The van der Waals surface area contributed by atoms with Gasteiger partial charge < -0.3 is 0 Å². The van der Waals surface area contributed by atoms with Crippen molar-refractivity contribution in [2.24, 2.45) is 0 Å². The molecule has 0 aliphatic heterocycles. The summed E-state index contributed by atoms with van der Waals surface area (Å²) in [6.07, 6.45) is 0.960. The molecule has 0 unspecified atom stereocenters. The molecule has 0 N–H and O–H groups in total. The highest BCUT2D eigenvalue weighted by molar-refractivity contribution is 7.14. The van der Waals surface area contributed by atoms with E-state index in [4.69, 9.17) is 4.98 Å². The Morgan fingerprint density at radius 3 is 2.29 bits per heavy atom. The average Bonchev–Trinajstić information content (AvgIpc) is 3.26. The highest BCUT2D eigenvalue weighted by Crippen LogP contribution is 2.36. The van der Waals surface area contributed by atoms with Crippen molar-refractivity contribution < 1.29 is 0 Å². The van der Waals surface area contributed by atoms with Crippen LogP contribution < -0.4 is 0 Å². The van der Waals surface area contributed by atoms with E-state index >= 15 is 0 Å². The van der Waals surface area contributed by atoms with Gasteiger partial charge >= 0.3 is 0 Å². The first-order chi connectivity index (χ1) is 13.5. The molecule has 4 rings (SSSR count). The second-order valence-corrected chi connectivity index (χ2v) is 8.38. The average molecular weight is 387 g/mol. The minimum atomic E-state index is 0.960. The van der Waals surface area contributed by atoms with Gasteiger partial charge in [0, 0.05) is 21.5 Å². The van der Waals surface area contributed by atoms with Crippen molar-refractivity contribution in [3.63, 3.8) is 0 Å². The normalized spacial score (nSPS) is 11.2. The molecule has 2 aromatic heterocycles. The molecule has 0 aliphatic rings. The molecule has 0 amide bonds. The van der Waals surface area contributed by atoms with Gasteiger partial charge in [0.2, 0.25) is 0 Å². The zero-order valence-corrected chi connectivity index (χ0v) is 18.0. The summed E-state index contributed by atoms with van der Waals surface area (Å²) >= 11 is 1.79. The van der Waals surface area contributed by atoms with E-state index in [1.807, 2.05) is 0 Å². The fraction of sp³-hybridized carbons (Fsp3) is 0.240. The van der Waals surface area contributed by atoms with Crippen LogP contribution in [0.4, 0.5) is 0 Å². The molecule has 0 fully saturated rings. The second-order valence-electron chi connectivity index (χ2n) is 7.47. The van der Waals surface area contributed by atoms with Crippen LogP contribution in [0.1, 0.15) is 35.0 Å². The molecular formula is C25H26N2S. The summed E-state index contributed by atoms with van der Waals surface area (Å²) < 4.78 is 2.38. The maximum absolute atomic E-state index is 5.00. The molecular weight excluding hydrogens is 360 g/mol.